The molecule has 0 aliphatic carbocycles. The van der Waals surface area contributed by atoms with Gasteiger partial charge in [0.15, 0.2) is 0 Å². The number of para-hydroxylation sites is 1. The summed E-state index contributed by atoms with van der Waals surface area (Å²) in [4.78, 5) is 69.5. The van der Waals surface area contributed by atoms with Gasteiger partial charge in [-0.05, 0) is 57.6 Å². The highest BCUT2D eigenvalue weighted by molar-refractivity contribution is 7.09. The average Bonchev–Trinajstić information content (AvgIpc) is 3.42. The SMILES string of the molecule is Cc1csc(CCCNC(=O)[C@@H]2CCC(=O)N[C@H](C(C)C)C(=O)NCCCCC(=O)N[C@@H](C)COc3ccccc3C(=O)N2)n1. The number of hydrogen-bond donors (Lipinski definition) is 5. The first-order chi connectivity index (χ1) is 21.5. The Bertz CT molecular complexity index is 1310. The van der Waals surface area contributed by atoms with E-state index in [-0.39, 0.29) is 55.2 Å². The van der Waals surface area contributed by atoms with Crippen molar-refractivity contribution in [2.75, 3.05) is 19.7 Å². The Labute approximate surface area is 268 Å². The maximum absolute atomic E-state index is 13.5. The Morgan fingerprint density at radius 2 is 1.82 bits per heavy atom. The summed E-state index contributed by atoms with van der Waals surface area (Å²) < 4.78 is 5.91. The first kappa shape index (κ1) is 35.5. The number of benzene rings is 1. The fourth-order valence-electron chi connectivity index (χ4n) is 4.77. The number of aryl methyl sites for hydroxylation is 2. The number of ether oxygens (including phenoxy) is 1. The van der Waals surface area contributed by atoms with Gasteiger partial charge in [0, 0.05) is 43.4 Å². The summed E-state index contributed by atoms with van der Waals surface area (Å²) in [6, 6.07) is 4.56. The number of fused-ring (bicyclic) bond motifs is 1. The molecule has 5 N–H and O–H groups in total. The van der Waals surface area contributed by atoms with Crippen molar-refractivity contribution in [1.29, 1.82) is 0 Å². The zero-order valence-electron chi connectivity index (χ0n) is 26.6. The molecule has 1 aromatic carbocycles. The van der Waals surface area contributed by atoms with Gasteiger partial charge in [-0.25, -0.2) is 4.98 Å². The van der Waals surface area contributed by atoms with E-state index < -0.39 is 29.8 Å². The van der Waals surface area contributed by atoms with Crippen molar-refractivity contribution in [3.63, 3.8) is 0 Å². The molecule has 1 aliphatic rings. The summed E-state index contributed by atoms with van der Waals surface area (Å²) in [5.41, 5.74) is 1.18. The van der Waals surface area contributed by atoms with Gasteiger partial charge in [-0.3, -0.25) is 24.0 Å². The molecule has 0 saturated heterocycles. The lowest BCUT2D eigenvalue weighted by atomic mass is 10.0. The highest BCUT2D eigenvalue weighted by Gasteiger charge is 2.27. The summed E-state index contributed by atoms with van der Waals surface area (Å²) in [5, 5.41) is 17.1. The highest BCUT2D eigenvalue weighted by Crippen LogP contribution is 2.19. The Kier molecular flexibility index (Phi) is 14.3. The normalized spacial score (nSPS) is 21.2. The number of carbonyl (C=O) groups excluding carboxylic acids is 5. The van der Waals surface area contributed by atoms with Gasteiger partial charge in [0.1, 0.15) is 24.4 Å². The molecule has 13 heteroatoms. The maximum Gasteiger partial charge on any atom is 0.255 e. The van der Waals surface area contributed by atoms with E-state index in [4.69, 9.17) is 4.74 Å². The molecule has 0 radical (unpaired) electrons. The summed E-state index contributed by atoms with van der Waals surface area (Å²) in [6.45, 7) is 8.28. The summed E-state index contributed by atoms with van der Waals surface area (Å²) in [6.07, 6.45) is 2.78. The number of carbonyl (C=O) groups is 5. The van der Waals surface area contributed by atoms with Crippen LogP contribution in [-0.2, 0) is 25.6 Å². The largest absolute Gasteiger partial charge is 0.491 e. The molecule has 0 spiro atoms. The van der Waals surface area contributed by atoms with E-state index in [1.165, 1.54) is 0 Å². The lowest BCUT2D eigenvalue weighted by Gasteiger charge is -2.23. The first-order valence-electron chi connectivity index (χ1n) is 15.6. The zero-order chi connectivity index (χ0) is 32.8. The number of hydrogen-bond acceptors (Lipinski definition) is 8. The molecular weight excluding hydrogens is 596 g/mol. The molecule has 1 aliphatic heterocycles. The highest BCUT2D eigenvalue weighted by atomic mass is 32.1. The Morgan fingerprint density at radius 1 is 1.07 bits per heavy atom. The molecule has 0 saturated carbocycles. The number of aromatic nitrogens is 1. The predicted molar refractivity (Wildman–Crippen MR) is 172 cm³/mol. The molecule has 246 valence electrons. The number of amides is 5. The Balaban J connectivity index is 1.76. The molecule has 3 rings (SSSR count). The second-order valence-electron chi connectivity index (χ2n) is 11.7. The van der Waals surface area contributed by atoms with Crippen LogP contribution < -0.4 is 31.3 Å². The quantitative estimate of drug-likeness (QED) is 0.302. The van der Waals surface area contributed by atoms with Crippen molar-refractivity contribution in [2.24, 2.45) is 5.92 Å². The molecule has 3 atom stereocenters. The second-order valence-corrected chi connectivity index (χ2v) is 12.6. The molecule has 1 aromatic heterocycles. The van der Waals surface area contributed by atoms with Gasteiger partial charge < -0.3 is 31.3 Å². The van der Waals surface area contributed by atoms with E-state index in [0.29, 0.717) is 44.5 Å². The standard InChI is InChI=1S/C32H46N6O6S/c1-20(2)29-32(43)34-16-8-7-12-26(39)35-21(3)18-44-25-11-6-5-10-23(25)30(41)37-24(14-15-27(40)38-29)31(42)33-17-9-13-28-36-22(4)19-45-28/h5-6,10-11,19-21,24,29H,7-9,12-18H2,1-4H3,(H,33,42)(H,34,43)(H,35,39)(H,37,41)(H,38,40)/t21-,24-,29+/m0/s1. The zero-order valence-corrected chi connectivity index (χ0v) is 27.4. The number of nitrogens with zero attached hydrogens (tertiary/aromatic N) is 1. The Hall–Kier alpha value is -4.00. The third-order valence-electron chi connectivity index (χ3n) is 7.24. The minimum Gasteiger partial charge on any atom is -0.491 e. The monoisotopic (exact) mass is 642 g/mol. The molecular formula is C32H46N6O6S. The third-order valence-corrected chi connectivity index (χ3v) is 8.26. The third kappa shape index (κ3) is 12.1. The van der Waals surface area contributed by atoms with Crippen LogP contribution in [0.3, 0.4) is 0 Å². The van der Waals surface area contributed by atoms with Crippen LogP contribution in [0.2, 0.25) is 0 Å². The lowest BCUT2D eigenvalue weighted by Crippen LogP contribution is -2.51. The molecule has 12 nitrogen and oxygen atoms in total. The van der Waals surface area contributed by atoms with E-state index in [1.54, 1.807) is 35.6 Å². The molecule has 0 fully saturated rings. The average molecular weight is 643 g/mol. The lowest BCUT2D eigenvalue weighted by molar-refractivity contribution is -0.130. The van der Waals surface area contributed by atoms with E-state index in [9.17, 15) is 24.0 Å². The van der Waals surface area contributed by atoms with Crippen LogP contribution in [-0.4, -0.2) is 72.3 Å². The van der Waals surface area contributed by atoms with Crippen molar-refractivity contribution >= 4 is 40.9 Å². The van der Waals surface area contributed by atoms with Gasteiger partial charge in [0.25, 0.3) is 5.91 Å². The maximum atomic E-state index is 13.5. The van der Waals surface area contributed by atoms with Crippen molar-refractivity contribution in [3.05, 3.63) is 45.9 Å². The van der Waals surface area contributed by atoms with E-state index in [2.05, 4.69) is 31.6 Å². The summed E-state index contributed by atoms with van der Waals surface area (Å²) >= 11 is 1.57. The van der Waals surface area contributed by atoms with Crippen molar-refractivity contribution in [1.82, 2.24) is 31.6 Å². The smallest absolute Gasteiger partial charge is 0.255 e. The minimum absolute atomic E-state index is 0.0214. The number of thiazole rings is 1. The topological polar surface area (TPSA) is 168 Å². The molecule has 45 heavy (non-hydrogen) atoms. The van der Waals surface area contributed by atoms with Gasteiger partial charge in [0.05, 0.1) is 16.6 Å². The van der Waals surface area contributed by atoms with Crippen LogP contribution >= 0.6 is 11.3 Å². The van der Waals surface area contributed by atoms with Gasteiger partial charge in [-0.2, -0.15) is 0 Å². The fourth-order valence-corrected chi connectivity index (χ4v) is 5.59. The summed E-state index contributed by atoms with van der Waals surface area (Å²) in [7, 11) is 0. The van der Waals surface area contributed by atoms with Gasteiger partial charge in [-0.15, -0.1) is 11.3 Å². The van der Waals surface area contributed by atoms with Crippen LogP contribution in [0.1, 0.15) is 80.4 Å². The molecule has 0 unspecified atom stereocenters. The minimum atomic E-state index is -1.02. The second kappa shape index (κ2) is 18.1. The van der Waals surface area contributed by atoms with Gasteiger partial charge in [0.2, 0.25) is 23.6 Å². The van der Waals surface area contributed by atoms with Crippen molar-refractivity contribution in [2.45, 2.75) is 90.8 Å². The van der Waals surface area contributed by atoms with Crippen LogP contribution in [0.5, 0.6) is 5.75 Å². The first-order valence-corrected chi connectivity index (χ1v) is 16.5. The van der Waals surface area contributed by atoms with Crippen molar-refractivity contribution in [3.8, 4) is 5.75 Å². The Morgan fingerprint density at radius 3 is 2.56 bits per heavy atom. The number of rotatable bonds is 6. The van der Waals surface area contributed by atoms with Crippen LogP contribution in [0, 0.1) is 12.8 Å². The van der Waals surface area contributed by atoms with E-state index in [0.717, 1.165) is 10.7 Å². The predicted octanol–water partition coefficient (Wildman–Crippen LogP) is 2.40. The molecule has 5 amide bonds. The molecule has 2 aromatic rings. The van der Waals surface area contributed by atoms with E-state index in [1.807, 2.05) is 33.1 Å². The summed E-state index contributed by atoms with van der Waals surface area (Å²) in [5.74, 6) is -1.69. The van der Waals surface area contributed by atoms with Crippen molar-refractivity contribution < 1.29 is 28.7 Å². The van der Waals surface area contributed by atoms with Crippen LogP contribution in [0.25, 0.3) is 0 Å². The number of nitrogens with one attached hydrogen (secondary N) is 5. The molecule has 2 heterocycles. The van der Waals surface area contributed by atoms with Gasteiger partial charge in [-0.1, -0.05) is 26.0 Å². The van der Waals surface area contributed by atoms with E-state index >= 15 is 0 Å². The van der Waals surface area contributed by atoms with Crippen LogP contribution in [0.4, 0.5) is 0 Å². The van der Waals surface area contributed by atoms with Gasteiger partial charge >= 0.3 is 0 Å². The molecule has 0 bridgehead atoms. The van der Waals surface area contributed by atoms with Crippen LogP contribution in [0.15, 0.2) is 29.6 Å². The fraction of sp³-hybridized carbons (Fsp3) is 0.562.